The van der Waals surface area contributed by atoms with Crippen LogP contribution in [0.15, 0.2) is 28.7 Å². The van der Waals surface area contributed by atoms with E-state index >= 15 is 0 Å². The number of imide groups is 1. The van der Waals surface area contributed by atoms with Crippen molar-refractivity contribution in [1.29, 1.82) is 0 Å². The van der Waals surface area contributed by atoms with Gasteiger partial charge in [-0.1, -0.05) is 34.1 Å². The third kappa shape index (κ3) is 4.07. The van der Waals surface area contributed by atoms with Gasteiger partial charge in [0.2, 0.25) is 11.8 Å². The molecule has 0 bridgehead atoms. The quantitative estimate of drug-likeness (QED) is 0.754. The standard InChI is InChI=1S/C15H18BrN3O3/c1-10(11-5-2-3-6-12(11)16)18-13(20)7-4-8-19-14(21)9-17-15(19)22/h2-3,5-6,10H,4,7-9H2,1H3,(H,17,22)(H,18,20). The van der Waals surface area contributed by atoms with Crippen LogP contribution in [0.1, 0.15) is 31.4 Å². The van der Waals surface area contributed by atoms with Crippen molar-refractivity contribution in [2.24, 2.45) is 0 Å². The molecule has 0 saturated carbocycles. The van der Waals surface area contributed by atoms with Crippen molar-refractivity contribution in [2.45, 2.75) is 25.8 Å². The summed E-state index contributed by atoms with van der Waals surface area (Å²) in [4.78, 5) is 35.8. The fraction of sp³-hybridized carbons (Fsp3) is 0.400. The molecule has 118 valence electrons. The molecule has 1 saturated heterocycles. The highest BCUT2D eigenvalue weighted by atomic mass is 79.9. The zero-order valence-corrected chi connectivity index (χ0v) is 13.9. The van der Waals surface area contributed by atoms with E-state index in [4.69, 9.17) is 0 Å². The maximum atomic E-state index is 11.9. The van der Waals surface area contributed by atoms with Crippen LogP contribution in [0.5, 0.6) is 0 Å². The zero-order valence-electron chi connectivity index (χ0n) is 12.3. The molecule has 4 amide bonds. The Labute approximate surface area is 137 Å². The van der Waals surface area contributed by atoms with Crippen molar-refractivity contribution in [1.82, 2.24) is 15.5 Å². The Morgan fingerprint density at radius 1 is 1.41 bits per heavy atom. The summed E-state index contributed by atoms with van der Waals surface area (Å²) in [7, 11) is 0. The first-order chi connectivity index (χ1) is 10.5. The maximum Gasteiger partial charge on any atom is 0.324 e. The highest BCUT2D eigenvalue weighted by molar-refractivity contribution is 9.10. The maximum absolute atomic E-state index is 11.9. The minimum atomic E-state index is -0.382. The third-order valence-electron chi connectivity index (χ3n) is 3.47. The number of nitrogens with zero attached hydrogens (tertiary/aromatic N) is 1. The van der Waals surface area contributed by atoms with Crippen LogP contribution in [0, 0.1) is 0 Å². The molecule has 1 aromatic carbocycles. The molecule has 6 nitrogen and oxygen atoms in total. The van der Waals surface area contributed by atoms with E-state index in [0.717, 1.165) is 14.9 Å². The first kappa shape index (κ1) is 16.5. The van der Waals surface area contributed by atoms with E-state index in [0.29, 0.717) is 6.42 Å². The first-order valence-corrected chi connectivity index (χ1v) is 7.90. The Bertz CT molecular complexity index is 575. The van der Waals surface area contributed by atoms with Gasteiger partial charge in [-0.3, -0.25) is 14.5 Å². The lowest BCUT2D eigenvalue weighted by Gasteiger charge is -2.16. The van der Waals surface area contributed by atoms with Gasteiger partial charge < -0.3 is 10.6 Å². The molecule has 0 aromatic heterocycles. The summed E-state index contributed by atoms with van der Waals surface area (Å²) >= 11 is 3.46. The fourth-order valence-corrected chi connectivity index (χ4v) is 2.93. The lowest BCUT2D eigenvalue weighted by molar-refractivity contribution is -0.126. The molecular formula is C15H18BrN3O3. The van der Waals surface area contributed by atoms with E-state index in [9.17, 15) is 14.4 Å². The van der Waals surface area contributed by atoms with Gasteiger partial charge in [-0.25, -0.2) is 4.79 Å². The topological polar surface area (TPSA) is 78.5 Å². The van der Waals surface area contributed by atoms with E-state index < -0.39 is 0 Å². The van der Waals surface area contributed by atoms with Crippen molar-refractivity contribution in [3.05, 3.63) is 34.3 Å². The second-order valence-corrected chi connectivity index (χ2v) is 5.97. The molecule has 1 aromatic rings. The Balaban J connectivity index is 1.77. The van der Waals surface area contributed by atoms with Gasteiger partial charge in [0.15, 0.2) is 0 Å². The summed E-state index contributed by atoms with van der Waals surface area (Å²) in [5.41, 5.74) is 1.00. The van der Waals surface area contributed by atoms with Crippen molar-refractivity contribution < 1.29 is 14.4 Å². The third-order valence-corrected chi connectivity index (χ3v) is 4.19. The van der Waals surface area contributed by atoms with Gasteiger partial charge >= 0.3 is 6.03 Å². The monoisotopic (exact) mass is 367 g/mol. The van der Waals surface area contributed by atoms with Crippen molar-refractivity contribution in [3.63, 3.8) is 0 Å². The normalized spacial score (nSPS) is 15.6. The molecule has 1 aliphatic rings. The minimum absolute atomic E-state index is 0.0457. The van der Waals surface area contributed by atoms with Crippen molar-refractivity contribution >= 4 is 33.8 Å². The number of hydrogen-bond donors (Lipinski definition) is 2. The number of halogens is 1. The first-order valence-electron chi connectivity index (χ1n) is 7.11. The van der Waals surface area contributed by atoms with E-state index in [1.165, 1.54) is 0 Å². The van der Waals surface area contributed by atoms with Crippen molar-refractivity contribution in [2.75, 3.05) is 13.1 Å². The van der Waals surface area contributed by atoms with Gasteiger partial charge in [0.25, 0.3) is 0 Å². The molecule has 0 radical (unpaired) electrons. The van der Waals surface area contributed by atoms with Crippen LogP contribution in [0.3, 0.4) is 0 Å². The Kier molecular flexibility index (Phi) is 5.54. The van der Waals surface area contributed by atoms with E-state index in [2.05, 4.69) is 26.6 Å². The summed E-state index contributed by atoms with van der Waals surface area (Å²) in [5.74, 6) is -0.345. The average Bonchev–Trinajstić information content (AvgIpc) is 2.79. The summed E-state index contributed by atoms with van der Waals surface area (Å²) in [6.45, 7) is 2.22. The van der Waals surface area contributed by atoms with E-state index in [-0.39, 0.29) is 43.4 Å². The molecule has 1 unspecified atom stereocenters. The predicted molar refractivity (Wildman–Crippen MR) is 85.0 cm³/mol. The van der Waals surface area contributed by atoms with Crippen LogP contribution >= 0.6 is 15.9 Å². The summed E-state index contributed by atoms with van der Waals surface area (Å²) in [6, 6.07) is 7.21. The van der Waals surface area contributed by atoms with Crippen LogP contribution in [-0.2, 0) is 9.59 Å². The number of carbonyl (C=O) groups is 3. The number of amides is 4. The van der Waals surface area contributed by atoms with Gasteiger partial charge in [-0.05, 0) is 25.0 Å². The Morgan fingerprint density at radius 2 is 2.14 bits per heavy atom. The summed E-state index contributed by atoms with van der Waals surface area (Å²) < 4.78 is 0.946. The van der Waals surface area contributed by atoms with Crippen LogP contribution < -0.4 is 10.6 Å². The van der Waals surface area contributed by atoms with Crippen molar-refractivity contribution in [3.8, 4) is 0 Å². The van der Waals surface area contributed by atoms with Gasteiger partial charge in [0.05, 0.1) is 12.6 Å². The fourth-order valence-electron chi connectivity index (χ4n) is 2.30. The molecule has 2 rings (SSSR count). The smallest absolute Gasteiger partial charge is 0.324 e. The highest BCUT2D eigenvalue weighted by Gasteiger charge is 2.27. The molecule has 1 atom stereocenters. The number of urea groups is 1. The van der Waals surface area contributed by atoms with Crippen LogP contribution in [-0.4, -0.2) is 35.8 Å². The lowest BCUT2D eigenvalue weighted by Crippen LogP contribution is -2.33. The summed E-state index contributed by atoms with van der Waals surface area (Å²) in [6.07, 6.45) is 0.722. The molecule has 0 aliphatic carbocycles. The highest BCUT2D eigenvalue weighted by Crippen LogP contribution is 2.22. The lowest BCUT2D eigenvalue weighted by atomic mass is 10.1. The number of nitrogens with one attached hydrogen (secondary N) is 2. The van der Waals surface area contributed by atoms with Gasteiger partial charge in [0.1, 0.15) is 0 Å². The minimum Gasteiger partial charge on any atom is -0.350 e. The second kappa shape index (κ2) is 7.40. The molecule has 0 spiro atoms. The van der Waals surface area contributed by atoms with E-state index in [1.54, 1.807) is 0 Å². The predicted octanol–water partition coefficient (Wildman–Crippen LogP) is 1.96. The average molecular weight is 368 g/mol. The zero-order chi connectivity index (χ0) is 16.1. The number of hydrogen-bond acceptors (Lipinski definition) is 3. The molecule has 22 heavy (non-hydrogen) atoms. The number of carbonyl (C=O) groups excluding carboxylic acids is 3. The van der Waals surface area contributed by atoms with E-state index in [1.807, 2.05) is 31.2 Å². The molecular weight excluding hydrogens is 350 g/mol. The Morgan fingerprint density at radius 3 is 2.77 bits per heavy atom. The molecule has 7 heteroatoms. The summed E-state index contributed by atoms with van der Waals surface area (Å²) in [5, 5.41) is 5.36. The molecule has 1 fully saturated rings. The van der Waals surface area contributed by atoms with Crippen LogP contribution in [0.2, 0.25) is 0 Å². The molecule has 1 heterocycles. The SMILES string of the molecule is CC(NC(=O)CCCN1C(=O)CNC1=O)c1ccccc1Br. The number of benzene rings is 1. The van der Waals surface area contributed by atoms with Gasteiger partial charge in [-0.2, -0.15) is 0 Å². The Hall–Kier alpha value is -1.89. The van der Waals surface area contributed by atoms with Crippen LogP contribution in [0.4, 0.5) is 4.79 Å². The van der Waals surface area contributed by atoms with Gasteiger partial charge in [0, 0.05) is 17.4 Å². The van der Waals surface area contributed by atoms with Crippen LogP contribution in [0.25, 0.3) is 0 Å². The number of rotatable bonds is 6. The van der Waals surface area contributed by atoms with Gasteiger partial charge in [-0.15, -0.1) is 0 Å². The molecule has 1 aliphatic heterocycles. The second-order valence-electron chi connectivity index (χ2n) is 5.12. The largest absolute Gasteiger partial charge is 0.350 e. The molecule has 2 N–H and O–H groups in total.